The van der Waals surface area contributed by atoms with Crippen molar-refractivity contribution in [3.63, 3.8) is 0 Å². The molecule has 0 fully saturated rings. The number of phenols is 1. The van der Waals surface area contributed by atoms with Crippen molar-refractivity contribution in [2.24, 2.45) is 0 Å². The molecule has 230 valence electrons. The van der Waals surface area contributed by atoms with Gasteiger partial charge in [0.2, 0.25) is 0 Å². The number of rotatable bonds is 21. The summed E-state index contributed by atoms with van der Waals surface area (Å²) in [5.41, 5.74) is 3.39. The number of hydrogen-bond acceptors (Lipinski definition) is 8. The van der Waals surface area contributed by atoms with Crippen molar-refractivity contribution in [3.05, 3.63) is 94.5 Å². The van der Waals surface area contributed by atoms with Crippen LogP contribution >= 0.6 is 0 Å². The molecular formula is C34H47NO7. The summed E-state index contributed by atoms with van der Waals surface area (Å²) in [6, 6.07) is 20.2. The lowest BCUT2D eigenvalue weighted by molar-refractivity contribution is 0.106. The molecule has 3 aromatic carbocycles. The van der Waals surface area contributed by atoms with Gasteiger partial charge in [0.05, 0.1) is 19.3 Å². The van der Waals surface area contributed by atoms with Crippen molar-refractivity contribution in [1.29, 1.82) is 0 Å². The lowest BCUT2D eigenvalue weighted by atomic mass is 10.0. The first-order chi connectivity index (χ1) is 20.5. The molecule has 3 rings (SSSR count). The van der Waals surface area contributed by atoms with Crippen LogP contribution in [0.3, 0.4) is 0 Å². The van der Waals surface area contributed by atoms with Gasteiger partial charge in [0.15, 0.2) is 0 Å². The molecule has 0 amide bonds. The maximum Gasteiger partial charge on any atom is 0.124 e. The molecule has 8 nitrogen and oxygen atoms in total. The van der Waals surface area contributed by atoms with Gasteiger partial charge in [-0.05, 0) is 79.6 Å². The van der Waals surface area contributed by atoms with E-state index < -0.39 is 12.2 Å². The van der Waals surface area contributed by atoms with E-state index in [1.807, 2.05) is 6.07 Å². The van der Waals surface area contributed by atoms with Gasteiger partial charge >= 0.3 is 0 Å². The molecule has 0 aliphatic carbocycles. The minimum absolute atomic E-state index is 0.0395. The number of benzene rings is 3. The summed E-state index contributed by atoms with van der Waals surface area (Å²) in [6.45, 7) is 2.17. The topological polar surface area (TPSA) is 132 Å². The van der Waals surface area contributed by atoms with Crippen molar-refractivity contribution >= 4 is 0 Å². The third-order valence-corrected chi connectivity index (χ3v) is 7.27. The first-order valence-corrected chi connectivity index (χ1v) is 15.0. The van der Waals surface area contributed by atoms with E-state index in [1.165, 1.54) is 17.7 Å². The quantitative estimate of drug-likeness (QED) is 0.0998. The van der Waals surface area contributed by atoms with Gasteiger partial charge < -0.3 is 40.3 Å². The van der Waals surface area contributed by atoms with E-state index in [0.717, 1.165) is 64.7 Å². The van der Waals surface area contributed by atoms with E-state index in [4.69, 9.17) is 9.47 Å². The van der Waals surface area contributed by atoms with Gasteiger partial charge in [0.25, 0.3) is 0 Å². The fraction of sp³-hybridized carbons (Fsp3) is 0.471. The molecule has 42 heavy (non-hydrogen) atoms. The number of nitrogens with one attached hydrogen (secondary N) is 1. The Kier molecular flexibility index (Phi) is 15.4. The molecule has 0 heterocycles. The molecule has 8 heteroatoms. The molecule has 0 bridgehead atoms. The second kappa shape index (κ2) is 19.3. The second-order valence-corrected chi connectivity index (χ2v) is 10.6. The lowest BCUT2D eigenvalue weighted by Crippen LogP contribution is -2.22. The summed E-state index contributed by atoms with van der Waals surface area (Å²) in [6.07, 6.45) is 5.97. The van der Waals surface area contributed by atoms with Gasteiger partial charge in [0.1, 0.15) is 24.2 Å². The SMILES string of the molecule is OCc1cc([C@@H](O)COc2ccc([C@H](O)CNCCCCCCOCCCCc3ccccc3)cc2CO)ccc1O. The molecule has 0 saturated carbocycles. The van der Waals surface area contributed by atoms with E-state index in [-0.39, 0.29) is 25.6 Å². The largest absolute Gasteiger partial charge is 0.508 e. The minimum atomic E-state index is -0.986. The average molecular weight is 582 g/mol. The van der Waals surface area contributed by atoms with Crippen LogP contribution in [0.4, 0.5) is 0 Å². The van der Waals surface area contributed by atoms with Gasteiger partial charge in [-0.2, -0.15) is 0 Å². The van der Waals surface area contributed by atoms with E-state index >= 15 is 0 Å². The van der Waals surface area contributed by atoms with Crippen molar-refractivity contribution in [2.75, 3.05) is 32.9 Å². The molecule has 0 aliphatic heterocycles. The zero-order chi connectivity index (χ0) is 30.0. The summed E-state index contributed by atoms with van der Waals surface area (Å²) in [5, 5.41) is 53.2. The van der Waals surface area contributed by atoms with Gasteiger partial charge in [-0.1, -0.05) is 55.3 Å². The van der Waals surface area contributed by atoms with Crippen LogP contribution in [0.15, 0.2) is 66.7 Å². The number of aliphatic hydroxyl groups excluding tert-OH is 4. The minimum Gasteiger partial charge on any atom is -0.508 e. The highest BCUT2D eigenvalue weighted by Gasteiger charge is 2.15. The van der Waals surface area contributed by atoms with Crippen LogP contribution in [0.2, 0.25) is 0 Å². The van der Waals surface area contributed by atoms with Crippen LogP contribution in [-0.2, 0) is 24.4 Å². The Morgan fingerprint density at radius 3 is 2.12 bits per heavy atom. The fourth-order valence-corrected chi connectivity index (χ4v) is 4.72. The van der Waals surface area contributed by atoms with Crippen LogP contribution in [0, 0.1) is 0 Å². The van der Waals surface area contributed by atoms with Crippen LogP contribution < -0.4 is 10.1 Å². The number of aromatic hydroxyl groups is 1. The Bertz CT molecular complexity index is 1160. The van der Waals surface area contributed by atoms with Gasteiger partial charge in [0, 0.05) is 30.9 Å². The lowest BCUT2D eigenvalue weighted by Gasteiger charge is -2.18. The normalized spacial score (nSPS) is 12.8. The third kappa shape index (κ3) is 11.7. The van der Waals surface area contributed by atoms with E-state index in [1.54, 1.807) is 24.3 Å². The van der Waals surface area contributed by atoms with E-state index in [2.05, 4.69) is 29.6 Å². The molecule has 0 aliphatic rings. The van der Waals surface area contributed by atoms with Gasteiger partial charge in [-0.25, -0.2) is 0 Å². The number of hydrogen-bond donors (Lipinski definition) is 6. The zero-order valence-electron chi connectivity index (χ0n) is 24.5. The Morgan fingerprint density at radius 2 is 1.36 bits per heavy atom. The maximum absolute atomic E-state index is 10.6. The average Bonchev–Trinajstić information content (AvgIpc) is 3.02. The fourth-order valence-electron chi connectivity index (χ4n) is 4.72. The number of unbranched alkanes of at least 4 members (excludes halogenated alkanes) is 4. The Hall–Kier alpha value is -2.98. The Labute approximate surface area is 249 Å². The van der Waals surface area contributed by atoms with Crippen LogP contribution in [-0.4, -0.2) is 58.4 Å². The summed E-state index contributed by atoms with van der Waals surface area (Å²) in [4.78, 5) is 0. The smallest absolute Gasteiger partial charge is 0.124 e. The molecule has 0 aromatic heterocycles. The number of aryl methyl sites for hydroxylation is 1. The zero-order valence-corrected chi connectivity index (χ0v) is 24.5. The third-order valence-electron chi connectivity index (χ3n) is 7.27. The second-order valence-electron chi connectivity index (χ2n) is 10.6. The molecule has 0 spiro atoms. The van der Waals surface area contributed by atoms with Crippen molar-refractivity contribution < 1.29 is 35.0 Å². The molecule has 0 radical (unpaired) electrons. The molecule has 2 atom stereocenters. The highest BCUT2D eigenvalue weighted by Crippen LogP contribution is 2.27. The molecule has 0 unspecified atom stereocenters. The van der Waals surface area contributed by atoms with E-state index in [0.29, 0.717) is 34.5 Å². The van der Waals surface area contributed by atoms with Gasteiger partial charge in [-0.15, -0.1) is 0 Å². The first kappa shape index (κ1) is 33.5. The highest BCUT2D eigenvalue weighted by molar-refractivity contribution is 5.39. The Balaban J connectivity index is 1.25. The predicted molar refractivity (Wildman–Crippen MR) is 163 cm³/mol. The molecule has 0 saturated heterocycles. The summed E-state index contributed by atoms with van der Waals surface area (Å²) < 4.78 is 11.5. The maximum atomic E-state index is 10.6. The molecule has 6 N–H and O–H groups in total. The monoisotopic (exact) mass is 581 g/mol. The van der Waals surface area contributed by atoms with Crippen LogP contribution in [0.1, 0.15) is 78.6 Å². The number of ether oxygens (including phenoxy) is 2. The standard InChI is InChI=1S/C34H47NO7/c36-23-29-20-28(13-15-31(29)38)33(40)25-42-34-16-14-27(21-30(34)24-37)32(39)22-35-17-7-1-2-8-18-41-19-9-6-12-26-10-4-3-5-11-26/h3-5,10-11,13-16,20-21,32-33,35-40H,1-2,6-9,12,17-19,22-25H2/t32-,33+/m1/s1. The van der Waals surface area contributed by atoms with Gasteiger partial charge in [-0.3, -0.25) is 0 Å². The van der Waals surface area contributed by atoms with E-state index in [9.17, 15) is 25.5 Å². The summed E-state index contributed by atoms with van der Waals surface area (Å²) in [7, 11) is 0. The first-order valence-electron chi connectivity index (χ1n) is 15.0. The predicted octanol–water partition coefficient (Wildman–Crippen LogP) is 4.71. The van der Waals surface area contributed by atoms with Crippen molar-refractivity contribution in [1.82, 2.24) is 5.32 Å². The highest BCUT2D eigenvalue weighted by atomic mass is 16.5. The number of aliphatic hydroxyl groups is 4. The summed E-state index contributed by atoms with van der Waals surface area (Å²) >= 11 is 0. The molecule has 3 aromatic rings. The Morgan fingerprint density at radius 1 is 0.690 bits per heavy atom. The van der Waals surface area contributed by atoms with Crippen molar-refractivity contribution in [2.45, 2.75) is 70.4 Å². The van der Waals surface area contributed by atoms with Crippen molar-refractivity contribution in [3.8, 4) is 11.5 Å². The van der Waals surface area contributed by atoms with Crippen LogP contribution in [0.5, 0.6) is 11.5 Å². The van der Waals surface area contributed by atoms with Crippen LogP contribution in [0.25, 0.3) is 0 Å². The summed E-state index contributed by atoms with van der Waals surface area (Å²) in [5.74, 6) is 0.375. The molecular weight excluding hydrogens is 534 g/mol.